The van der Waals surface area contributed by atoms with E-state index in [0.717, 1.165) is 45.7 Å². The fraction of sp³-hybridized carbons (Fsp3) is 0.857. The number of likely N-dealkylation sites (N-methyl/N-ethyl adjacent to an activating group) is 1. The highest BCUT2D eigenvalue weighted by atomic mass is 16.2. The van der Waals surface area contributed by atoms with E-state index in [1.54, 1.807) is 0 Å². The molecule has 2 atom stereocenters. The maximum atomic E-state index is 12.3. The van der Waals surface area contributed by atoms with Crippen molar-refractivity contribution >= 4 is 11.8 Å². The largest absolute Gasteiger partial charge is 0.343 e. The lowest BCUT2D eigenvalue weighted by Gasteiger charge is -2.32. The molecule has 108 valence electrons. The molecule has 2 unspecified atom stereocenters. The van der Waals surface area contributed by atoms with Gasteiger partial charge in [0.25, 0.3) is 0 Å². The van der Waals surface area contributed by atoms with Gasteiger partial charge in [0.1, 0.15) is 0 Å². The van der Waals surface area contributed by atoms with Gasteiger partial charge in [-0.1, -0.05) is 0 Å². The molecule has 1 heterocycles. The van der Waals surface area contributed by atoms with Gasteiger partial charge in [0.15, 0.2) is 0 Å². The molecule has 5 nitrogen and oxygen atoms in total. The van der Waals surface area contributed by atoms with E-state index in [1.807, 2.05) is 23.6 Å². The molecular formula is C14H25N3O2. The third-order valence-electron chi connectivity index (χ3n) is 4.31. The molecule has 1 aliphatic heterocycles. The monoisotopic (exact) mass is 267 g/mol. The Labute approximate surface area is 115 Å². The first-order valence-corrected chi connectivity index (χ1v) is 7.34. The van der Waals surface area contributed by atoms with Gasteiger partial charge in [-0.25, -0.2) is 0 Å². The zero-order valence-corrected chi connectivity index (χ0v) is 12.3. The fourth-order valence-corrected chi connectivity index (χ4v) is 2.77. The number of amides is 2. The van der Waals surface area contributed by atoms with Crippen LogP contribution in [0.1, 0.15) is 20.3 Å². The molecule has 1 saturated heterocycles. The molecule has 0 aromatic heterocycles. The Morgan fingerprint density at radius 3 is 2.16 bits per heavy atom. The van der Waals surface area contributed by atoms with Crippen LogP contribution in [0, 0.1) is 11.8 Å². The van der Waals surface area contributed by atoms with Crippen molar-refractivity contribution in [1.29, 1.82) is 0 Å². The van der Waals surface area contributed by atoms with Gasteiger partial charge in [-0.3, -0.25) is 9.59 Å². The standard InChI is InChI=1S/C14H25N3O2/c1-4-16(5-2)13(18)11-10-12(11)14(19)17-8-6-15(3)7-9-17/h11-12H,4-10H2,1-3H3. The van der Waals surface area contributed by atoms with Crippen molar-refractivity contribution in [2.24, 2.45) is 11.8 Å². The summed E-state index contributed by atoms with van der Waals surface area (Å²) in [4.78, 5) is 30.5. The summed E-state index contributed by atoms with van der Waals surface area (Å²) in [6.07, 6.45) is 0.751. The number of hydrogen-bond acceptors (Lipinski definition) is 3. The molecule has 19 heavy (non-hydrogen) atoms. The highest BCUT2D eigenvalue weighted by molar-refractivity contribution is 5.92. The molecule has 0 radical (unpaired) electrons. The summed E-state index contributed by atoms with van der Waals surface area (Å²) in [6, 6.07) is 0. The minimum atomic E-state index is -0.0490. The molecule has 2 amide bonds. The van der Waals surface area contributed by atoms with Gasteiger partial charge < -0.3 is 14.7 Å². The molecule has 5 heteroatoms. The SMILES string of the molecule is CCN(CC)C(=O)C1CC1C(=O)N1CCN(C)CC1. The molecule has 0 N–H and O–H groups in total. The Kier molecular flexibility index (Phi) is 4.45. The topological polar surface area (TPSA) is 43.9 Å². The van der Waals surface area contributed by atoms with E-state index in [9.17, 15) is 9.59 Å². The molecule has 0 bridgehead atoms. The van der Waals surface area contributed by atoms with Crippen molar-refractivity contribution in [2.75, 3.05) is 46.3 Å². The average Bonchev–Trinajstić information content (AvgIpc) is 3.20. The average molecular weight is 267 g/mol. The molecular weight excluding hydrogens is 242 g/mol. The summed E-state index contributed by atoms with van der Waals surface area (Å²) < 4.78 is 0. The van der Waals surface area contributed by atoms with Crippen LogP contribution in [-0.2, 0) is 9.59 Å². The lowest BCUT2D eigenvalue weighted by molar-refractivity contribution is -0.138. The molecule has 1 saturated carbocycles. The summed E-state index contributed by atoms with van der Waals surface area (Å²) >= 11 is 0. The Bertz CT molecular complexity index is 347. The van der Waals surface area contributed by atoms with Crippen LogP contribution < -0.4 is 0 Å². The highest BCUT2D eigenvalue weighted by Crippen LogP contribution is 2.41. The van der Waals surface area contributed by atoms with E-state index in [4.69, 9.17) is 0 Å². The van der Waals surface area contributed by atoms with Gasteiger partial charge in [-0.2, -0.15) is 0 Å². The fourth-order valence-electron chi connectivity index (χ4n) is 2.77. The van der Waals surface area contributed by atoms with Gasteiger partial charge >= 0.3 is 0 Å². The number of hydrogen-bond donors (Lipinski definition) is 0. The van der Waals surface area contributed by atoms with Gasteiger partial charge in [0, 0.05) is 39.3 Å². The number of carbonyl (C=O) groups excluding carboxylic acids is 2. The lowest BCUT2D eigenvalue weighted by Crippen LogP contribution is -2.48. The number of carbonyl (C=O) groups is 2. The third kappa shape index (κ3) is 3.08. The minimum absolute atomic E-state index is 0.0449. The summed E-state index contributed by atoms with van der Waals surface area (Å²) in [5, 5.41) is 0. The Balaban J connectivity index is 1.85. The van der Waals surface area contributed by atoms with Crippen LogP contribution in [0.4, 0.5) is 0 Å². The molecule has 0 aromatic rings. The summed E-state index contributed by atoms with van der Waals surface area (Å²) in [5.41, 5.74) is 0. The molecule has 2 rings (SSSR count). The van der Waals surface area contributed by atoms with Crippen molar-refractivity contribution in [3.63, 3.8) is 0 Å². The van der Waals surface area contributed by atoms with Crippen molar-refractivity contribution in [3.05, 3.63) is 0 Å². The summed E-state index contributed by atoms with van der Waals surface area (Å²) in [6.45, 7) is 8.93. The van der Waals surface area contributed by atoms with Crippen LogP contribution in [0.15, 0.2) is 0 Å². The second kappa shape index (κ2) is 5.90. The first kappa shape index (κ1) is 14.3. The van der Waals surface area contributed by atoms with Crippen LogP contribution in [0.2, 0.25) is 0 Å². The van der Waals surface area contributed by atoms with Crippen LogP contribution in [-0.4, -0.2) is 72.8 Å². The van der Waals surface area contributed by atoms with Crippen molar-refractivity contribution in [3.8, 4) is 0 Å². The zero-order chi connectivity index (χ0) is 14.0. The second-order valence-corrected chi connectivity index (χ2v) is 5.59. The summed E-state index contributed by atoms with van der Waals surface area (Å²) in [7, 11) is 2.08. The van der Waals surface area contributed by atoms with Crippen LogP contribution in [0.25, 0.3) is 0 Å². The van der Waals surface area contributed by atoms with E-state index < -0.39 is 0 Å². The van der Waals surface area contributed by atoms with Gasteiger partial charge in [-0.05, 0) is 27.3 Å². The van der Waals surface area contributed by atoms with E-state index in [0.29, 0.717) is 0 Å². The Morgan fingerprint density at radius 2 is 1.63 bits per heavy atom. The van der Waals surface area contributed by atoms with Crippen LogP contribution >= 0.6 is 0 Å². The van der Waals surface area contributed by atoms with Crippen molar-refractivity contribution in [1.82, 2.24) is 14.7 Å². The number of piperazine rings is 1. The molecule has 0 aromatic carbocycles. The highest BCUT2D eigenvalue weighted by Gasteiger charge is 2.50. The van der Waals surface area contributed by atoms with E-state index >= 15 is 0 Å². The van der Waals surface area contributed by atoms with Gasteiger partial charge in [0.05, 0.1) is 11.8 Å². The number of rotatable bonds is 4. The lowest BCUT2D eigenvalue weighted by atomic mass is 10.2. The van der Waals surface area contributed by atoms with Crippen LogP contribution in [0.5, 0.6) is 0 Å². The predicted molar refractivity (Wildman–Crippen MR) is 73.6 cm³/mol. The minimum Gasteiger partial charge on any atom is -0.343 e. The normalized spacial score (nSPS) is 27.2. The quantitative estimate of drug-likeness (QED) is 0.734. The van der Waals surface area contributed by atoms with Crippen LogP contribution in [0.3, 0.4) is 0 Å². The van der Waals surface area contributed by atoms with Gasteiger partial charge in [-0.15, -0.1) is 0 Å². The van der Waals surface area contributed by atoms with E-state index in [1.165, 1.54) is 0 Å². The Hall–Kier alpha value is -1.10. The maximum absolute atomic E-state index is 12.3. The summed E-state index contributed by atoms with van der Waals surface area (Å²) in [5.74, 6) is 0.264. The first-order chi connectivity index (χ1) is 9.08. The maximum Gasteiger partial charge on any atom is 0.226 e. The van der Waals surface area contributed by atoms with E-state index in [2.05, 4.69) is 11.9 Å². The molecule has 2 fully saturated rings. The van der Waals surface area contributed by atoms with Crippen molar-refractivity contribution in [2.45, 2.75) is 20.3 Å². The molecule has 2 aliphatic rings. The first-order valence-electron chi connectivity index (χ1n) is 7.34. The number of nitrogens with zero attached hydrogens (tertiary/aromatic N) is 3. The van der Waals surface area contributed by atoms with Gasteiger partial charge in [0.2, 0.25) is 11.8 Å². The van der Waals surface area contributed by atoms with Crippen molar-refractivity contribution < 1.29 is 9.59 Å². The zero-order valence-electron chi connectivity index (χ0n) is 12.3. The second-order valence-electron chi connectivity index (χ2n) is 5.59. The predicted octanol–water partition coefficient (Wildman–Crippen LogP) is 0.265. The Morgan fingerprint density at radius 1 is 1.05 bits per heavy atom. The third-order valence-corrected chi connectivity index (χ3v) is 4.31. The van der Waals surface area contributed by atoms with E-state index in [-0.39, 0.29) is 23.7 Å². The smallest absolute Gasteiger partial charge is 0.226 e. The molecule has 0 spiro atoms. The molecule has 1 aliphatic carbocycles.